The highest BCUT2D eigenvalue weighted by molar-refractivity contribution is 5.23. The van der Waals surface area contributed by atoms with E-state index in [9.17, 15) is 5.11 Å². The SMILES string of the molecule is COCc1ccc([C@@H](O)C[C@@H]2CO2)cc1. The molecule has 0 amide bonds. The molecule has 0 radical (unpaired) electrons. The van der Waals surface area contributed by atoms with Crippen LogP contribution in [-0.4, -0.2) is 24.9 Å². The van der Waals surface area contributed by atoms with Crippen molar-refractivity contribution < 1.29 is 14.6 Å². The molecule has 1 fully saturated rings. The van der Waals surface area contributed by atoms with E-state index in [0.717, 1.165) is 17.7 Å². The fraction of sp³-hybridized carbons (Fsp3) is 0.500. The van der Waals surface area contributed by atoms with Crippen LogP contribution in [0.2, 0.25) is 0 Å². The van der Waals surface area contributed by atoms with Crippen molar-refractivity contribution in [1.82, 2.24) is 0 Å². The summed E-state index contributed by atoms with van der Waals surface area (Å²) in [6.07, 6.45) is 0.552. The monoisotopic (exact) mass is 208 g/mol. The van der Waals surface area contributed by atoms with Gasteiger partial charge < -0.3 is 14.6 Å². The Kier molecular flexibility index (Phi) is 3.36. The topological polar surface area (TPSA) is 42.0 Å². The predicted molar refractivity (Wildman–Crippen MR) is 56.5 cm³/mol. The van der Waals surface area contributed by atoms with Gasteiger partial charge in [0.05, 0.1) is 25.4 Å². The van der Waals surface area contributed by atoms with Gasteiger partial charge >= 0.3 is 0 Å². The smallest absolute Gasteiger partial charge is 0.0837 e. The van der Waals surface area contributed by atoms with E-state index in [2.05, 4.69) is 0 Å². The van der Waals surface area contributed by atoms with E-state index in [1.807, 2.05) is 24.3 Å². The molecule has 3 nitrogen and oxygen atoms in total. The molecule has 0 aromatic heterocycles. The quantitative estimate of drug-likeness (QED) is 0.748. The van der Waals surface area contributed by atoms with Crippen LogP contribution in [0.15, 0.2) is 24.3 Å². The zero-order valence-corrected chi connectivity index (χ0v) is 8.85. The second-order valence-corrected chi connectivity index (χ2v) is 3.88. The van der Waals surface area contributed by atoms with Crippen molar-refractivity contribution in [2.45, 2.75) is 25.2 Å². The first-order valence-electron chi connectivity index (χ1n) is 5.17. The molecule has 1 saturated heterocycles. The molecule has 0 spiro atoms. The lowest BCUT2D eigenvalue weighted by atomic mass is 10.0. The number of benzene rings is 1. The van der Waals surface area contributed by atoms with E-state index in [1.54, 1.807) is 7.11 Å². The molecule has 1 aromatic rings. The Hall–Kier alpha value is -0.900. The normalized spacial score (nSPS) is 21.3. The molecule has 1 aliphatic rings. The van der Waals surface area contributed by atoms with Crippen molar-refractivity contribution in [3.63, 3.8) is 0 Å². The third kappa shape index (κ3) is 3.02. The summed E-state index contributed by atoms with van der Waals surface area (Å²) in [5, 5.41) is 9.84. The van der Waals surface area contributed by atoms with Crippen LogP contribution in [0.3, 0.4) is 0 Å². The first kappa shape index (κ1) is 10.6. The summed E-state index contributed by atoms with van der Waals surface area (Å²) in [4.78, 5) is 0. The minimum atomic E-state index is -0.408. The summed E-state index contributed by atoms with van der Waals surface area (Å²) >= 11 is 0. The van der Waals surface area contributed by atoms with Crippen molar-refractivity contribution in [3.8, 4) is 0 Å². The number of rotatable bonds is 5. The molecular formula is C12H16O3. The molecule has 2 atom stereocenters. The lowest BCUT2D eigenvalue weighted by molar-refractivity contribution is 0.154. The molecule has 15 heavy (non-hydrogen) atoms. The molecule has 2 rings (SSSR count). The molecule has 0 unspecified atom stereocenters. The van der Waals surface area contributed by atoms with Crippen LogP contribution in [0.4, 0.5) is 0 Å². The fourth-order valence-electron chi connectivity index (χ4n) is 1.59. The first-order valence-corrected chi connectivity index (χ1v) is 5.17. The Morgan fingerprint density at radius 1 is 1.47 bits per heavy atom. The summed E-state index contributed by atoms with van der Waals surface area (Å²) in [6, 6.07) is 7.86. The van der Waals surface area contributed by atoms with Crippen molar-refractivity contribution in [1.29, 1.82) is 0 Å². The first-order chi connectivity index (χ1) is 7.29. The van der Waals surface area contributed by atoms with Gasteiger partial charge in [0.2, 0.25) is 0 Å². The molecule has 1 aromatic carbocycles. The van der Waals surface area contributed by atoms with E-state index >= 15 is 0 Å². The van der Waals surface area contributed by atoms with Crippen LogP contribution >= 0.6 is 0 Å². The minimum absolute atomic E-state index is 0.263. The third-order valence-corrected chi connectivity index (χ3v) is 2.56. The van der Waals surface area contributed by atoms with Gasteiger partial charge in [-0.2, -0.15) is 0 Å². The third-order valence-electron chi connectivity index (χ3n) is 2.56. The van der Waals surface area contributed by atoms with Crippen molar-refractivity contribution in [2.24, 2.45) is 0 Å². The zero-order valence-electron chi connectivity index (χ0n) is 8.85. The number of epoxide rings is 1. The van der Waals surface area contributed by atoms with Crippen LogP contribution in [0.1, 0.15) is 23.7 Å². The average molecular weight is 208 g/mol. The van der Waals surface area contributed by atoms with Crippen LogP contribution in [0.25, 0.3) is 0 Å². The summed E-state index contributed by atoms with van der Waals surface area (Å²) < 4.78 is 10.1. The molecule has 1 heterocycles. The standard InChI is InChI=1S/C12H16O3/c1-14-7-9-2-4-10(5-3-9)12(13)6-11-8-15-11/h2-5,11-13H,6-8H2,1H3/t11-,12+/m1/s1. The Balaban J connectivity index is 1.95. The molecular weight excluding hydrogens is 192 g/mol. The van der Waals surface area contributed by atoms with Crippen LogP contribution in [-0.2, 0) is 16.1 Å². The Bertz CT molecular complexity index is 303. The number of ether oxygens (including phenoxy) is 2. The molecule has 1 N–H and O–H groups in total. The van der Waals surface area contributed by atoms with E-state index in [-0.39, 0.29) is 6.10 Å². The van der Waals surface area contributed by atoms with Gasteiger partial charge in [0.1, 0.15) is 0 Å². The highest BCUT2D eigenvalue weighted by atomic mass is 16.6. The molecule has 0 saturated carbocycles. The van der Waals surface area contributed by atoms with E-state index in [0.29, 0.717) is 13.0 Å². The van der Waals surface area contributed by atoms with Crippen LogP contribution in [0.5, 0.6) is 0 Å². The van der Waals surface area contributed by atoms with Gasteiger partial charge in [-0.25, -0.2) is 0 Å². The molecule has 0 aliphatic carbocycles. The van der Waals surface area contributed by atoms with Gasteiger partial charge in [-0.05, 0) is 11.1 Å². The molecule has 1 aliphatic heterocycles. The summed E-state index contributed by atoms with van der Waals surface area (Å²) in [5.41, 5.74) is 2.07. The van der Waals surface area contributed by atoms with Gasteiger partial charge in [0.25, 0.3) is 0 Å². The van der Waals surface area contributed by atoms with Crippen LogP contribution in [0, 0.1) is 0 Å². The van der Waals surface area contributed by atoms with E-state index in [1.165, 1.54) is 0 Å². The maximum Gasteiger partial charge on any atom is 0.0837 e. The van der Waals surface area contributed by atoms with Gasteiger partial charge in [-0.1, -0.05) is 24.3 Å². The minimum Gasteiger partial charge on any atom is -0.388 e. The number of aliphatic hydroxyl groups excluding tert-OH is 1. The lowest BCUT2D eigenvalue weighted by Crippen LogP contribution is -2.01. The molecule has 3 heteroatoms. The van der Waals surface area contributed by atoms with Gasteiger partial charge in [-0.3, -0.25) is 0 Å². The number of hydrogen-bond donors (Lipinski definition) is 1. The second kappa shape index (κ2) is 4.75. The average Bonchev–Trinajstić information content (AvgIpc) is 3.03. The Labute approximate surface area is 89.6 Å². The summed E-state index contributed by atoms with van der Waals surface area (Å²) in [6.45, 7) is 1.40. The van der Waals surface area contributed by atoms with Gasteiger partial charge in [0, 0.05) is 13.5 Å². The maximum atomic E-state index is 9.84. The number of methoxy groups -OCH3 is 1. The Morgan fingerprint density at radius 3 is 2.67 bits per heavy atom. The second-order valence-electron chi connectivity index (χ2n) is 3.88. The van der Waals surface area contributed by atoms with Crippen molar-refractivity contribution >= 4 is 0 Å². The van der Waals surface area contributed by atoms with Crippen molar-refractivity contribution in [3.05, 3.63) is 35.4 Å². The van der Waals surface area contributed by atoms with E-state index < -0.39 is 6.10 Å². The predicted octanol–water partition coefficient (Wildman–Crippen LogP) is 1.66. The van der Waals surface area contributed by atoms with E-state index in [4.69, 9.17) is 9.47 Å². The number of hydrogen-bond acceptors (Lipinski definition) is 3. The zero-order chi connectivity index (χ0) is 10.7. The largest absolute Gasteiger partial charge is 0.388 e. The fourth-order valence-corrected chi connectivity index (χ4v) is 1.59. The van der Waals surface area contributed by atoms with Crippen LogP contribution < -0.4 is 0 Å². The summed E-state index contributed by atoms with van der Waals surface area (Å²) in [7, 11) is 1.67. The highest BCUT2D eigenvalue weighted by Crippen LogP contribution is 2.25. The Morgan fingerprint density at radius 2 is 2.13 bits per heavy atom. The molecule has 82 valence electrons. The highest BCUT2D eigenvalue weighted by Gasteiger charge is 2.26. The molecule has 0 bridgehead atoms. The number of aliphatic hydroxyl groups is 1. The maximum absolute atomic E-state index is 9.84. The van der Waals surface area contributed by atoms with Crippen molar-refractivity contribution in [2.75, 3.05) is 13.7 Å². The van der Waals surface area contributed by atoms with Gasteiger partial charge in [0.15, 0.2) is 0 Å². The summed E-state index contributed by atoms with van der Waals surface area (Å²) in [5.74, 6) is 0. The lowest BCUT2D eigenvalue weighted by Gasteiger charge is -2.09. The van der Waals surface area contributed by atoms with Gasteiger partial charge in [-0.15, -0.1) is 0 Å².